The first-order chi connectivity index (χ1) is 33.7. The lowest BCUT2D eigenvalue weighted by molar-refractivity contribution is 0.454. The quantitative estimate of drug-likeness (QED) is 0.155. The minimum absolute atomic E-state index is 0.151. The Labute approximate surface area is 400 Å². The van der Waals surface area contributed by atoms with Gasteiger partial charge in [-0.15, -0.1) is 22.7 Å². The fourth-order valence-corrected chi connectivity index (χ4v) is 13.3. The van der Waals surface area contributed by atoms with Crippen molar-refractivity contribution in [1.82, 2.24) is 0 Å². The first-order valence-corrected chi connectivity index (χ1v) is 24.4. The Balaban J connectivity index is 0.953. The highest BCUT2D eigenvalue weighted by molar-refractivity contribution is 7.34. The second-order valence-electron chi connectivity index (χ2n) is 17.5. The van der Waals surface area contributed by atoms with E-state index in [1.807, 2.05) is 24.3 Å². The number of hydrogen-bond acceptors (Lipinski definition) is 8. The molecule has 0 saturated heterocycles. The van der Waals surface area contributed by atoms with Crippen LogP contribution in [0, 0.1) is 0 Å². The molecule has 0 radical (unpaired) electrons. The molecule has 318 valence electrons. The molecular weight excluding hydrogens is 874 g/mol. The molecule has 0 aliphatic carbocycles. The summed E-state index contributed by atoms with van der Waals surface area (Å²) >= 11 is 3.60. The van der Waals surface area contributed by atoms with E-state index in [0.717, 1.165) is 113 Å². The molecule has 4 aliphatic rings. The summed E-state index contributed by atoms with van der Waals surface area (Å²) < 4.78 is 33.4. The summed E-state index contributed by atoms with van der Waals surface area (Å²) in [5.41, 5.74) is 10.2. The summed E-state index contributed by atoms with van der Waals surface area (Å²) in [6.07, 6.45) is 0. The van der Waals surface area contributed by atoms with Gasteiger partial charge in [0.05, 0.1) is 11.4 Å². The zero-order valence-corrected chi connectivity index (χ0v) is 37.8. The first-order valence-electron chi connectivity index (χ1n) is 22.8. The van der Waals surface area contributed by atoms with Crippen LogP contribution in [0.2, 0.25) is 0 Å². The van der Waals surface area contributed by atoms with E-state index < -0.39 is 0 Å². The first kappa shape index (κ1) is 38.0. The van der Waals surface area contributed by atoms with Gasteiger partial charge >= 0.3 is 0 Å². The van der Waals surface area contributed by atoms with Gasteiger partial charge in [0.2, 0.25) is 0 Å². The summed E-state index contributed by atoms with van der Waals surface area (Å²) in [5, 5.41) is 2.22. The maximum atomic E-state index is 7.22. The lowest BCUT2D eigenvalue weighted by Gasteiger charge is -2.36. The average Bonchev–Trinajstić information content (AvgIpc) is 3.95. The van der Waals surface area contributed by atoms with E-state index in [-0.39, 0.29) is 13.4 Å². The molecule has 15 rings (SSSR count). The van der Waals surface area contributed by atoms with Crippen LogP contribution in [0.25, 0.3) is 20.2 Å². The Morgan fingerprint density at radius 1 is 0.309 bits per heavy atom. The van der Waals surface area contributed by atoms with E-state index in [0.29, 0.717) is 0 Å². The highest BCUT2D eigenvalue weighted by atomic mass is 32.1. The van der Waals surface area contributed by atoms with Crippen molar-refractivity contribution >= 4 is 122 Å². The second-order valence-corrected chi connectivity index (χ2v) is 19.7. The van der Waals surface area contributed by atoms with Crippen LogP contribution in [-0.4, -0.2) is 13.4 Å². The number of fused-ring (bicyclic) bond motifs is 12. The Morgan fingerprint density at radius 2 is 0.647 bits per heavy atom. The Morgan fingerprint density at radius 3 is 1.03 bits per heavy atom. The molecule has 0 spiro atoms. The van der Waals surface area contributed by atoms with Crippen LogP contribution < -0.4 is 60.2 Å². The van der Waals surface area contributed by atoms with Crippen molar-refractivity contribution in [2.45, 2.75) is 0 Å². The number of rotatable bonds is 6. The van der Waals surface area contributed by atoms with Crippen molar-refractivity contribution in [1.29, 1.82) is 0 Å². The van der Waals surface area contributed by atoms with Crippen molar-refractivity contribution in [3.8, 4) is 46.0 Å². The third kappa shape index (κ3) is 5.65. The van der Waals surface area contributed by atoms with Gasteiger partial charge in [-0.1, -0.05) is 103 Å². The number of ether oxygens (including phenoxy) is 4. The molecule has 0 amide bonds. The molecule has 2 aromatic heterocycles. The van der Waals surface area contributed by atoms with Crippen molar-refractivity contribution in [2.24, 2.45) is 0 Å². The summed E-state index contributed by atoms with van der Waals surface area (Å²) in [4.78, 5) is 4.53. The molecule has 0 atom stereocenters. The van der Waals surface area contributed by atoms with Gasteiger partial charge < -0.3 is 28.7 Å². The summed E-state index contributed by atoms with van der Waals surface area (Å²) in [6, 6.07) is 72.3. The molecule has 0 fully saturated rings. The second kappa shape index (κ2) is 14.7. The summed E-state index contributed by atoms with van der Waals surface area (Å²) in [7, 11) is 0. The van der Waals surface area contributed by atoms with Crippen LogP contribution in [0.5, 0.6) is 46.0 Å². The van der Waals surface area contributed by atoms with E-state index in [4.69, 9.17) is 18.9 Å². The lowest BCUT2D eigenvalue weighted by Crippen LogP contribution is -2.60. The van der Waals surface area contributed by atoms with Gasteiger partial charge in [-0.3, -0.25) is 0 Å². The van der Waals surface area contributed by atoms with Gasteiger partial charge in [0.15, 0.2) is 0 Å². The number of benzene rings is 9. The van der Waals surface area contributed by atoms with E-state index >= 15 is 0 Å². The molecule has 0 saturated carbocycles. The number of para-hydroxylation sites is 4. The molecule has 0 bridgehead atoms. The fraction of sp³-hybridized carbons (Fsp3) is 0. The Hall–Kier alpha value is -8.17. The van der Waals surface area contributed by atoms with Gasteiger partial charge in [0.25, 0.3) is 13.4 Å². The summed E-state index contributed by atoms with van der Waals surface area (Å²) in [5.74, 6) is 6.42. The number of anilines is 6. The highest BCUT2D eigenvalue weighted by Crippen LogP contribution is 2.48. The number of hydrogen-bond donors (Lipinski definition) is 0. The van der Waals surface area contributed by atoms with E-state index in [1.165, 1.54) is 19.0 Å². The van der Waals surface area contributed by atoms with E-state index in [2.05, 4.69) is 192 Å². The minimum Gasteiger partial charge on any atom is -0.458 e. The fourth-order valence-electron chi connectivity index (χ4n) is 10.8. The third-order valence-corrected chi connectivity index (χ3v) is 16.1. The van der Waals surface area contributed by atoms with Crippen LogP contribution >= 0.6 is 22.7 Å². The van der Waals surface area contributed by atoms with Crippen LogP contribution in [0.4, 0.5) is 34.1 Å². The predicted molar refractivity (Wildman–Crippen MR) is 282 cm³/mol. The number of nitrogens with zero attached hydrogens (tertiary/aromatic N) is 2. The normalized spacial score (nSPS) is 13.1. The Bertz CT molecular complexity index is 3520. The van der Waals surface area contributed by atoms with E-state index in [1.54, 1.807) is 22.7 Å². The van der Waals surface area contributed by atoms with Crippen LogP contribution in [0.3, 0.4) is 0 Å². The van der Waals surface area contributed by atoms with Gasteiger partial charge in [-0.25, -0.2) is 0 Å². The smallest absolute Gasteiger partial charge is 0.273 e. The zero-order chi connectivity index (χ0) is 44.5. The Kier molecular flexibility index (Phi) is 8.19. The molecule has 0 N–H and O–H groups in total. The minimum atomic E-state index is -0.151. The lowest BCUT2D eigenvalue weighted by atomic mass is 9.34. The molecule has 6 nitrogen and oxygen atoms in total. The standard InChI is InChI=1S/C58H34B2N2O4S2/c1-5-17-35(18-6-1)61(36-19-7-2-8-20-36)39-29-47-53-49(31-39)65-55-41-25-13-15-27-51(41)67-57(55)59(53)43-33-44-46(34-45(43)63-47)64-48-30-40(62(37-21-9-3-10-22-37)38-23-11-4-12-24-38)32-50-54(48)60(44)58-56(66-50)42-26-14-16-28-52(42)68-58/h1-34H. The van der Waals surface area contributed by atoms with Gasteiger partial charge in [0.1, 0.15) is 46.0 Å². The largest absolute Gasteiger partial charge is 0.458 e. The topological polar surface area (TPSA) is 43.4 Å². The average molecular weight is 909 g/mol. The highest BCUT2D eigenvalue weighted by Gasteiger charge is 2.47. The molecule has 10 heteroatoms. The third-order valence-electron chi connectivity index (χ3n) is 13.6. The van der Waals surface area contributed by atoms with Gasteiger partial charge in [-0.05, 0) is 83.7 Å². The molecule has 6 heterocycles. The zero-order valence-electron chi connectivity index (χ0n) is 36.1. The summed E-state index contributed by atoms with van der Waals surface area (Å²) in [6.45, 7) is -0.303. The number of thiophene rings is 2. The van der Waals surface area contributed by atoms with E-state index in [9.17, 15) is 0 Å². The van der Waals surface area contributed by atoms with Gasteiger partial charge in [0, 0.05) is 93.7 Å². The maximum Gasteiger partial charge on any atom is 0.273 e. The monoisotopic (exact) mass is 908 g/mol. The van der Waals surface area contributed by atoms with Crippen LogP contribution in [0.15, 0.2) is 206 Å². The maximum absolute atomic E-state index is 7.22. The molecule has 9 aromatic carbocycles. The van der Waals surface area contributed by atoms with Crippen molar-refractivity contribution in [3.05, 3.63) is 206 Å². The van der Waals surface area contributed by atoms with Crippen molar-refractivity contribution in [3.63, 3.8) is 0 Å². The molecule has 68 heavy (non-hydrogen) atoms. The van der Waals surface area contributed by atoms with Crippen LogP contribution in [-0.2, 0) is 0 Å². The predicted octanol–water partition coefficient (Wildman–Crippen LogP) is 12.5. The SMILES string of the molecule is c1ccc(N(c2ccccc2)c2cc3c4c(c2)Oc2c(sc5ccccc25)B4c2cc4c(cc2O3)Oc2cc(N(c3ccccc3)c3ccccc3)cc3c2B4c2sc4ccccc4c2O3)cc1. The van der Waals surface area contributed by atoms with Crippen molar-refractivity contribution < 1.29 is 18.9 Å². The molecular formula is C58H34B2N2O4S2. The van der Waals surface area contributed by atoms with Crippen LogP contribution in [0.1, 0.15) is 0 Å². The van der Waals surface area contributed by atoms with Gasteiger partial charge in [-0.2, -0.15) is 0 Å². The molecule has 4 aliphatic heterocycles. The van der Waals surface area contributed by atoms with Crippen molar-refractivity contribution in [2.75, 3.05) is 9.80 Å². The molecule has 0 unspecified atom stereocenters. The molecule has 11 aromatic rings.